The van der Waals surface area contributed by atoms with Gasteiger partial charge in [-0.05, 0) is 56.3 Å². The minimum atomic E-state index is -0.810. The molecular weight excluding hydrogens is 312 g/mol. The Kier molecular flexibility index (Phi) is 2.67. The summed E-state index contributed by atoms with van der Waals surface area (Å²) in [6, 6.07) is 0. The van der Waals surface area contributed by atoms with Gasteiger partial charge in [0.15, 0.2) is 0 Å². The van der Waals surface area contributed by atoms with Crippen LogP contribution in [0.5, 0.6) is 0 Å². The summed E-state index contributed by atoms with van der Waals surface area (Å²) < 4.78 is 12.6. The third kappa shape index (κ3) is 1.40. The van der Waals surface area contributed by atoms with Crippen LogP contribution in [-0.4, -0.2) is 22.7 Å². The zero-order valence-electron chi connectivity index (χ0n) is 14.4. The van der Waals surface area contributed by atoms with Crippen LogP contribution in [0.15, 0.2) is 0 Å². The lowest BCUT2D eigenvalue weighted by molar-refractivity contribution is -0.395. The molecular formula is C19H27ClO3. The van der Waals surface area contributed by atoms with Crippen molar-refractivity contribution in [1.82, 2.24) is 0 Å². The van der Waals surface area contributed by atoms with Gasteiger partial charge in [0, 0.05) is 24.6 Å². The van der Waals surface area contributed by atoms with Gasteiger partial charge in [0.25, 0.3) is 0 Å². The molecule has 4 saturated carbocycles. The first-order valence-corrected chi connectivity index (χ1v) is 9.79. The quantitative estimate of drug-likeness (QED) is 0.489. The summed E-state index contributed by atoms with van der Waals surface area (Å²) >= 11 is 6.70. The van der Waals surface area contributed by atoms with Gasteiger partial charge >= 0.3 is 5.97 Å². The van der Waals surface area contributed by atoms with Gasteiger partial charge in [0.2, 0.25) is 5.79 Å². The Labute approximate surface area is 143 Å². The lowest BCUT2D eigenvalue weighted by atomic mass is 9.43. The number of hydrogen-bond acceptors (Lipinski definition) is 3. The lowest BCUT2D eigenvalue weighted by Crippen LogP contribution is -2.77. The largest absolute Gasteiger partial charge is 0.433 e. The molecule has 23 heavy (non-hydrogen) atoms. The molecule has 0 aromatic carbocycles. The molecule has 128 valence electrons. The summed E-state index contributed by atoms with van der Waals surface area (Å²) in [5.41, 5.74) is -0.563. The Morgan fingerprint density at radius 2 is 1.91 bits per heavy atom. The topological polar surface area (TPSA) is 35.5 Å². The molecule has 1 heterocycles. The van der Waals surface area contributed by atoms with Gasteiger partial charge < -0.3 is 9.47 Å². The third-order valence-corrected chi connectivity index (χ3v) is 8.56. The number of hydrogen-bond donors (Lipinski definition) is 0. The standard InChI is InChI=1S/C19H27ClO3/c1-11-7-14(20)8-13-10-17-9-12-5-4-6-18(11,12)19(13,17)23-16(2,3)22-15(17)21/h11-14H,4-10H2,1-3H3/t11-,12?,13-,14-,17-,18?,19?/m1/s1. The zero-order valence-corrected chi connectivity index (χ0v) is 15.1. The van der Waals surface area contributed by atoms with E-state index in [0.717, 1.165) is 25.7 Å². The summed E-state index contributed by atoms with van der Waals surface area (Å²) in [6.45, 7) is 6.20. The Bertz CT molecular complexity index is 589. The van der Waals surface area contributed by atoms with Gasteiger partial charge in [-0.25, -0.2) is 0 Å². The molecule has 0 bridgehead atoms. The maximum atomic E-state index is 13.1. The number of alkyl halides is 1. The average Bonchev–Trinajstić information content (AvgIpc) is 2.90. The van der Waals surface area contributed by atoms with Crippen LogP contribution in [0.3, 0.4) is 0 Å². The van der Waals surface area contributed by atoms with Crippen LogP contribution >= 0.6 is 11.6 Å². The van der Waals surface area contributed by atoms with E-state index in [0.29, 0.717) is 17.8 Å². The molecule has 1 aliphatic heterocycles. The monoisotopic (exact) mass is 338 g/mol. The number of halogens is 1. The smallest absolute Gasteiger partial charge is 0.317 e. The maximum absolute atomic E-state index is 13.1. The molecule has 0 N–H and O–H groups in total. The molecule has 5 rings (SSSR count). The van der Waals surface area contributed by atoms with Gasteiger partial charge in [0.1, 0.15) is 0 Å². The first-order valence-electron chi connectivity index (χ1n) is 9.35. The van der Waals surface area contributed by atoms with Crippen molar-refractivity contribution in [2.45, 2.75) is 82.5 Å². The summed E-state index contributed by atoms with van der Waals surface area (Å²) in [4.78, 5) is 13.1. The van der Waals surface area contributed by atoms with Crippen molar-refractivity contribution >= 4 is 17.6 Å². The van der Waals surface area contributed by atoms with Crippen LogP contribution in [0, 0.1) is 28.6 Å². The normalized spacial score (nSPS) is 59.2. The summed E-state index contributed by atoms with van der Waals surface area (Å²) in [5, 5.41) is 0.216. The second-order valence-corrected chi connectivity index (χ2v) is 10.0. The van der Waals surface area contributed by atoms with Gasteiger partial charge in [-0.3, -0.25) is 4.79 Å². The SMILES string of the molecule is C[C@@H]1C[C@@H](Cl)C[C@@H]2C[C@@]34CC5CCCC51C23OC(C)(C)OC4=O. The van der Waals surface area contributed by atoms with Crippen molar-refractivity contribution in [2.24, 2.45) is 28.6 Å². The Morgan fingerprint density at radius 1 is 1.17 bits per heavy atom. The van der Waals surface area contributed by atoms with E-state index in [-0.39, 0.29) is 27.8 Å². The van der Waals surface area contributed by atoms with Crippen LogP contribution in [0.2, 0.25) is 0 Å². The van der Waals surface area contributed by atoms with Crippen LogP contribution in [-0.2, 0) is 14.3 Å². The van der Waals surface area contributed by atoms with Crippen molar-refractivity contribution in [3.05, 3.63) is 0 Å². The molecule has 7 atom stereocenters. The summed E-state index contributed by atoms with van der Waals surface area (Å²) in [7, 11) is 0. The van der Waals surface area contributed by atoms with E-state index in [1.54, 1.807) is 0 Å². The summed E-state index contributed by atoms with van der Waals surface area (Å²) in [5.74, 6) is 0.747. The zero-order chi connectivity index (χ0) is 16.3. The molecule has 0 amide bonds. The molecule has 5 fully saturated rings. The molecule has 0 radical (unpaired) electrons. The van der Waals surface area contributed by atoms with E-state index in [9.17, 15) is 4.79 Å². The molecule has 5 aliphatic rings. The number of cyclic esters (lactones) is 1. The number of rotatable bonds is 0. The highest BCUT2D eigenvalue weighted by Crippen LogP contribution is 2.83. The molecule has 3 unspecified atom stereocenters. The van der Waals surface area contributed by atoms with Crippen LogP contribution in [0.25, 0.3) is 0 Å². The van der Waals surface area contributed by atoms with Crippen molar-refractivity contribution in [3.8, 4) is 0 Å². The molecule has 1 saturated heterocycles. The number of carbonyl (C=O) groups is 1. The predicted octanol–water partition coefficient (Wildman–Crippen LogP) is 4.27. The second-order valence-electron chi connectivity index (χ2n) is 9.41. The predicted molar refractivity (Wildman–Crippen MR) is 87.0 cm³/mol. The van der Waals surface area contributed by atoms with E-state index in [4.69, 9.17) is 21.1 Å². The minimum Gasteiger partial charge on any atom is -0.433 e. The van der Waals surface area contributed by atoms with Gasteiger partial charge in [0.05, 0.1) is 11.0 Å². The first kappa shape index (κ1) is 15.0. The van der Waals surface area contributed by atoms with Crippen LogP contribution in [0.1, 0.15) is 65.7 Å². The van der Waals surface area contributed by atoms with Crippen molar-refractivity contribution in [1.29, 1.82) is 0 Å². The molecule has 0 aromatic heterocycles. The average molecular weight is 339 g/mol. The van der Waals surface area contributed by atoms with Crippen molar-refractivity contribution in [3.63, 3.8) is 0 Å². The Balaban J connectivity index is 1.75. The number of carbonyl (C=O) groups excluding carboxylic acids is 1. The number of esters is 1. The fourth-order valence-corrected chi connectivity index (χ4v) is 8.40. The highest BCUT2D eigenvalue weighted by Gasteiger charge is 2.87. The van der Waals surface area contributed by atoms with E-state index in [1.807, 2.05) is 13.8 Å². The van der Waals surface area contributed by atoms with E-state index in [1.165, 1.54) is 19.3 Å². The van der Waals surface area contributed by atoms with Crippen LogP contribution < -0.4 is 0 Å². The van der Waals surface area contributed by atoms with Crippen molar-refractivity contribution < 1.29 is 14.3 Å². The minimum absolute atomic E-state index is 0.0130. The van der Waals surface area contributed by atoms with E-state index >= 15 is 0 Å². The Hall–Kier alpha value is -0.280. The molecule has 4 aliphatic carbocycles. The first-order chi connectivity index (χ1) is 10.8. The lowest BCUT2D eigenvalue weighted by Gasteiger charge is -2.69. The molecule has 3 nitrogen and oxygen atoms in total. The molecule has 4 heteroatoms. The second kappa shape index (κ2) is 4.09. The van der Waals surface area contributed by atoms with Gasteiger partial charge in [-0.2, -0.15) is 0 Å². The number of ether oxygens (including phenoxy) is 2. The molecule has 2 spiro atoms. The highest BCUT2D eigenvalue weighted by molar-refractivity contribution is 6.20. The van der Waals surface area contributed by atoms with Gasteiger partial charge in [-0.15, -0.1) is 11.6 Å². The van der Waals surface area contributed by atoms with Gasteiger partial charge in [-0.1, -0.05) is 13.3 Å². The van der Waals surface area contributed by atoms with Crippen molar-refractivity contribution in [2.75, 3.05) is 0 Å². The van der Waals surface area contributed by atoms with E-state index < -0.39 is 5.79 Å². The fourth-order valence-electron chi connectivity index (χ4n) is 7.92. The summed E-state index contributed by atoms with van der Waals surface area (Å²) in [6.07, 6.45) is 7.67. The highest BCUT2D eigenvalue weighted by atomic mass is 35.5. The Morgan fingerprint density at radius 3 is 2.70 bits per heavy atom. The van der Waals surface area contributed by atoms with E-state index in [2.05, 4.69) is 6.92 Å². The maximum Gasteiger partial charge on any atom is 0.317 e. The third-order valence-electron chi connectivity index (χ3n) is 8.20. The van der Waals surface area contributed by atoms with Crippen LogP contribution in [0.4, 0.5) is 0 Å². The molecule has 0 aromatic rings. The fraction of sp³-hybridized carbons (Fsp3) is 0.947.